The maximum atomic E-state index is 13.2. The number of ether oxygens (including phenoxy) is 4. The van der Waals surface area contributed by atoms with Gasteiger partial charge < -0.3 is 18.9 Å². The minimum atomic E-state index is -0.0468. The van der Waals surface area contributed by atoms with Crippen LogP contribution in [0.1, 0.15) is 71.3 Å². The zero-order valence-electron chi connectivity index (χ0n) is 19.2. The van der Waals surface area contributed by atoms with Crippen molar-refractivity contribution in [3.05, 3.63) is 35.4 Å². The summed E-state index contributed by atoms with van der Waals surface area (Å²) in [6.07, 6.45) is -0.103. The normalized spacial score (nSPS) is 12.6. The van der Waals surface area contributed by atoms with Gasteiger partial charge in [-0.05, 0) is 90.8 Å². The van der Waals surface area contributed by atoms with E-state index in [0.717, 1.165) is 11.1 Å². The molecule has 0 spiro atoms. The fraction of sp³-hybridized carbons (Fsp3) is 0.480. The third-order valence-electron chi connectivity index (χ3n) is 4.40. The second-order valence-electron chi connectivity index (χ2n) is 8.68. The van der Waals surface area contributed by atoms with Crippen LogP contribution in [0.4, 0.5) is 0 Å². The van der Waals surface area contributed by atoms with E-state index in [1.54, 1.807) is 12.1 Å². The number of ketones is 1. The van der Waals surface area contributed by atoms with Gasteiger partial charge in [-0.3, -0.25) is 4.79 Å². The summed E-state index contributed by atoms with van der Waals surface area (Å²) >= 11 is 0. The van der Waals surface area contributed by atoms with Gasteiger partial charge >= 0.3 is 0 Å². The van der Waals surface area contributed by atoms with Crippen LogP contribution in [0, 0.1) is 0 Å². The van der Waals surface area contributed by atoms with Crippen LogP contribution in [0.5, 0.6) is 23.0 Å². The number of rotatable bonds is 8. The lowest BCUT2D eigenvalue weighted by Gasteiger charge is -2.19. The van der Waals surface area contributed by atoms with Gasteiger partial charge in [0, 0.05) is 11.1 Å². The van der Waals surface area contributed by atoms with Gasteiger partial charge in [0.1, 0.15) is 0 Å². The number of carbonyl (C=O) groups excluding carboxylic acids is 1. The average Bonchev–Trinajstić information content (AvgIpc) is 2.85. The Morgan fingerprint density at radius 2 is 0.700 bits per heavy atom. The minimum Gasteiger partial charge on any atom is -0.487 e. The van der Waals surface area contributed by atoms with Crippen LogP contribution in [0.25, 0.3) is 11.1 Å². The molecule has 0 bridgehead atoms. The predicted octanol–water partition coefficient (Wildman–Crippen LogP) is 6.05. The van der Waals surface area contributed by atoms with Gasteiger partial charge in [0.15, 0.2) is 28.8 Å². The van der Waals surface area contributed by atoms with E-state index in [1.165, 1.54) is 0 Å². The third kappa shape index (κ3) is 4.55. The lowest BCUT2D eigenvalue weighted by molar-refractivity contribution is 0.104. The number of hydrogen-bond donors (Lipinski definition) is 0. The first-order valence-electron chi connectivity index (χ1n) is 10.6. The minimum absolute atomic E-state index is 0.0178. The first-order chi connectivity index (χ1) is 14.1. The highest BCUT2D eigenvalue weighted by Crippen LogP contribution is 2.47. The van der Waals surface area contributed by atoms with Crippen molar-refractivity contribution >= 4 is 5.78 Å². The average molecular weight is 413 g/mol. The topological polar surface area (TPSA) is 54.0 Å². The van der Waals surface area contributed by atoms with E-state index in [9.17, 15) is 4.79 Å². The van der Waals surface area contributed by atoms with E-state index in [0.29, 0.717) is 34.1 Å². The first-order valence-corrected chi connectivity index (χ1v) is 10.6. The standard InChI is InChI=1S/C25H32O5/c1-13(2)27-21-9-17-18-10-22(28-14(3)4)24(30-16(7)8)12-20(18)25(26)19(17)11-23(21)29-15(5)6/h9-16H,1-8H3. The Hall–Kier alpha value is -2.69. The van der Waals surface area contributed by atoms with Gasteiger partial charge in [-0.25, -0.2) is 0 Å². The molecule has 0 saturated carbocycles. The molecule has 0 amide bonds. The summed E-state index contributed by atoms with van der Waals surface area (Å²) in [5.74, 6) is 2.38. The molecule has 0 heterocycles. The molecule has 5 nitrogen and oxygen atoms in total. The monoisotopic (exact) mass is 412 g/mol. The predicted molar refractivity (Wildman–Crippen MR) is 118 cm³/mol. The highest BCUT2D eigenvalue weighted by Gasteiger charge is 2.31. The van der Waals surface area contributed by atoms with Crippen LogP contribution in [-0.2, 0) is 0 Å². The van der Waals surface area contributed by atoms with E-state index in [1.807, 2.05) is 67.5 Å². The van der Waals surface area contributed by atoms with Crippen LogP contribution in [0.2, 0.25) is 0 Å². The van der Waals surface area contributed by atoms with E-state index < -0.39 is 0 Å². The molecule has 5 heteroatoms. The Balaban J connectivity index is 2.17. The van der Waals surface area contributed by atoms with Crippen molar-refractivity contribution in [2.75, 3.05) is 0 Å². The fourth-order valence-electron chi connectivity index (χ4n) is 3.47. The van der Waals surface area contributed by atoms with E-state index in [2.05, 4.69) is 0 Å². The Bertz CT molecular complexity index is 866. The molecular weight excluding hydrogens is 380 g/mol. The van der Waals surface area contributed by atoms with Crippen molar-refractivity contribution in [1.29, 1.82) is 0 Å². The largest absolute Gasteiger partial charge is 0.487 e. The maximum Gasteiger partial charge on any atom is 0.194 e. The second kappa shape index (κ2) is 8.58. The summed E-state index contributed by atoms with van der Waals surface area (Å²) in [6.45, 7) is 15.7. The van der Waals surface area contributed by atoms with E-state index >= 15 is 0 Å². The second-order valence-corrected chi connectivity index (χ2v) is 8.68. The number of hydrogen-bond acceptors (Lipinski definition) is 5. The highest BCUT2D eigenvalue weighted by atomic mass is 16.5. The summed E-state index contributed by atoms with van der Waals surface area (Å²) in [5, 5.41) is 0. The SMILES string of the molecule is CC(C)Oc1cc2c(cc1OC(C)C)-c1cc(OC(C)C)c(OC(C)C)cc1C2=O. The molecule has 0 aliphatic heterocycles. The molecule has 0 aromatic heterocycles. The van der Waals surface area contributed by atoms with Crippen LogP contribution < -0.4 is 18.9 Å². The van der Waals surface area contributed by atoms with Crippen molar-refractivity contribution in [2.24, 2.45) is 0 Å². The fourth-order valence-corrected chi connectivity index (χ4v) is 3.47. The number of fused-ring (bicyclic) bond motifs is 3. The van der Waals surface area contributed by atoms with Crippen LogP contribution in [-0.4, -0.2) is 30.2 Å². The molecule has 0 radical (unpaired) electrons. The zero-order chi connectivity index (χ0) is 22.2. The van der Waals surface area contributed by atoms with Crippen molar-refractivity contribution < 1.29 is 23.7 Å². The molecule has 2 aromatic carbocycles. The number of carbonyl (C=O) groups is 1. The Labute approximate surface area is 179 Å². The lowest BCUT2D eigenvalue weighted by atomic mass is 10.0. The number of benzene rings is 2. The van der Waals surface area contributed by atoms with Crippen LogP contribution in [0.3, 0.4) is 0 Å². The van der Waals surface area contributed by atoms with Gasteiger partial charge in [0.25, 0.3) is 0 Å². The quantitative estimate of drug-likeness (QED) is 0.451. The van der Waals surface area contributed by atoms with Gasteiger partial charge in [0.05, 0.1) is 24.4 Å². The Kier molecular flexibility index (Phi) is 6.30. The Morgan fingerprint density at radius 3 is 0.933 bits per heavy atom. The summed E-state index contributed by atoms with van der Waals surface area (Å²) in [7, 11) is 0. The van der Waals surface area contributed by atoms with Crippen molar-refractivity contribution in [3.63, 3.8) is 0 Å². The summed E-state index contributed by atoms with van der Waals surface area (Å²) in [4.78, 5) is 13.2. The summed E-state index contributed by atoms with van der Waals surface area (Å²) < 4.78 is 23.9. The Morgan fingerprint density at radius 1 is 0.467 bits per heavy atom. The van der Waals surface area contributed by atoms with E-state index in [-0.39, 0.29) is 30.2 Å². The van der Waals surface area contributed by atoms with Gasteiger partial charge in [-0.2, -0.15) is 0 Å². The molecule has 0 N–H and O–H groups in total. The smallest absolute Gasteiger partial charge is 0.194 e. The molecule has 0 fully saturated rings. The molecule has 0 saturated heterocycles. The molecule has 0 unspecified atom stereocenters. The van der Waals surface area contributed by atoms with Crippen LogP contribution in [0.15, 0.2) is 24.3 Å². The molecule has 162 valence electrons. The molecule has 0 atom stereocenters. The third-order valence-corrected chi connectivity index (χ3v) is 4.40. The van der Waals surface area contributed by atoms with Gasteiger partial charge in [-0.1, -0.05) is 0 Å². The summed E-state index contributed by atoms with van der Waals surface area (Å²) in [5.41, 5.74) is 2.86. The van der Waals surface area contributed by atoms with Crippen molar-refractivity contribution in [2.45, 2.75) is 79.8 Å². The molecular formula is C25H32O5. The molecule has 30 heavy (non-hydrogen) atoms. The van der Waals surface area contributed by atoms with Crippen molar-refractivity contribution in [3.8, 4) is 34.1 Å². The maximum absolute atomic E-state index is 13.2. The first kappa shape index (κ1) is 22.0. The van der Waals surface area contributed by atoms with Gasteiger partial charge in [-0.15, -0.1) is 0 Å². The van der Waals surface area contributed by atoms with Crippen LogP contribution >= 0.6 is 0 Å². The highest BCUT2D eigenvalue weighted by molar-refractivity contribution is 6.22. The van der Waals surface area contributed by atoms with E-state index in [4.69, 9.17) is 18.9 Å². The molecule has 3 rings (SSSR count). The molecule has 2 aromatic rings. The zero-order valence-corrected chi connectivity index (χ0v) is 19.2. The molecule has 1 aliphatic rings. The summed E-state index contributed by atoms with van der Waals surface area (Å²) in [6, 6.07) is 7.39. The molecule has 1 aliphatic carbocycles. The van der Waals surface area contributed by atoms with Crippen molar-refractivity contribution in [1.82, 2.24) is 0 Å². The lowest BCUT2D eigenvalue weighted by Crippen LogP contribution is -2.11. The van der Waals surface area contributed by atoms with Gasteiger partial charge in [0.2, 0.25) is 0 Å².